The zero-order chi connectivity index (χ0) is 11.4. The van der Waals surface area contributed by atoms with E-state index in [1.807, 2.05) is 30.2 Å². The minimum absolute atomic E-state index is 0.0474. The van der Waals surface area contributed by atoms with E-state index in [0.717, 1.165) is 17.9 Å². The SMILES string of the molecule is CCNC(c1cncnc1)c1nccn1C. The van der Waals surface area contributed by atoms with Crippen LogP contribution in [-0.4, -0.2) is 26.1 Å². The van der Waals surface area contributed by atoms with Crippen LogP contribution < -0.4 is 5.32 Å². The molecule has 0 aliphatic carbocycles. The highest BCUT2D eigenvalue weighted by molar-refractivity contribution is 5.19. The molecule has 0 bridgehead atoms. The number of rotatable bonds is 4. The van der Waals surface area contributed by atoms with Gasteiger partial charge < -0.3 is 9.88 Å². The minimum Gasteiger partial charge on any atom is -0.336 e. The van der Waals surface area contributed by atoms with Crippen LogP contribution in [0.1, 0.15) is 24.4 Å². The van der Waals surface area contributed by atoms with Gasteiger partial charge in [-0.05, 0) is 6.54 Å². The van der Waals surface area contributed by atoms with Crippen molar-refractivity contribution in [3.8, 4) is 0 Å². The van der Waals surface area contributed by atoms with E-state index < -0.39 is 0 Å². The lowest BCUT2D eigenvalue weighted by atomic mass is 10.1. The monoisotopic (exact) mass is 217 g/mol. The zero-order valence-corrected chi connectivity index (χ0v) is 9.46. The Balaban J connectivity index is 2.35. The number of nitrogens with one attached hydrogen (secondary N) is 1. The molecule has 0 aliphatic rings. The highest BCUT2D eigenvalue weighted by Crippen LogP contribution is 2.18. The molecule has 0 spiro atoms. The van der Waals surface area contributed by atoms with Gasteiger partial charge in [0.25, 0.3) is 0 Å². The molecular weight excluding hydrogens is 202 g/mol. The standard InChI is InChI=1S/C11H15N5/c1-3-14-10(9-6-12-8-13-7-9)11-15-4-5-16(11)2/h4-8,10,14H,3H2,1-2H3. The van der Waals surface area contributed by atoms with E-state index in [1.54, 1.807) is 6.20 Å². The van der Waals surface area contributed by atoms with Gasteiger partial charge in [-0.25, -0.2) is 15.0 Å². The van der Waals surface area contributed by atoms with Crippen LogP contribution in [0.2, 0.25) is 0 Å². The summed E-state index contributed by atoms with van der Waals surface area (Å²) in [5.41, 5.74) is 1.03. The van der Waals surface area contributed by atoms with Gasteiger partial charge >= 0.3 is 0 Å². The summed E-state index contributed by atoms with van der Waals surface area (Å²) in [7, 11) is 1.98. The van der Waals surface area contributed by atoms with Crippen molar-refractivity contribution in [2.45, 2.75) is 13.0 Å². The first kappa shape index (κ1) is 10.8. The van der Waals surface area contributed by atoms with E-state index in [2.05, 4.69) is 27.2 Å². The quantitative estimate of drug-likeness (QED) is 0.827. The molecular formula is C11H15N5. The third kappa shape index (κ3) is 2.09. The average molecular weight is 217 g/mol. The fourth-order valence-corrected chi connectivity index (χ4v) is 1.68. The van der Waals surface area contributed by atoms with Crippen molar-refractivity contribution in [1.29, 1.82) is 0 Å². The summed E-state index contributed by atoms with van der Waals surface area (Å²) in [6.45, 7) is 2.94. The summed E-state index contributed by atoms with van der Waals surface area (Å²) in [6, 6.07) is 0.0474. The van der Waals surface area contributed by atoms with Gasteiger partial charge in [-0.2, -0.15) is 0 Å². The molecule has 2 rings (SSSR count). The first-order valence-electron chi connectivity index (χ1n) is 5.28. The molecule has 0 saturated carbocycles. The van der Waals surface area contributed by atoms with Crippen LogP contribution in [0.15, 0.2) is 31.1 Å². The van der Waals surface area contributed by atoms with Gasteiger partial charge in [-0.15, -0.1) is 0 Å². The van der Waals surface area contributed by atoms with E-state index >= 15 is 0 Å². The zero-order valence-electron chi connectivity index (χ0n) is 9.46. The van der Waals surface area contributed by atoms with Gasteiger partial charge in [0.15, 0.2) is 0 Å². The molecule has 2 aromatic heterocycles. The van der Waals surface area contributed by atoms with Crippen molar-refractivity contribution in [2.24, 2.45) is 7.05 Å². The number of imidazole rings is 1. The van der Waals surface area contributed by atoms with E-state index in [-0.39, 0.29) is 6.04 Å². The summed E-state index contributed by atoms with van der Waals surface area (Å²) in [5.74, 6) is 0.969. The molecule has 5 nitrogen and oxygen atoms in total. The molecule has 16 heavy (non-hydrogen) atoms. The molecule has 0 radical (unpaired) electrons. The number of aryl methyl sites for hydroxylation is 1. The van der Waals surface area contributed by atoms with Gasteiger partial charge in [-0.3, -0.25) is 0 Å². The van der Waals surface area contributed by atoms with Crippen molar-refractivity contribution in [3.63, 3.8) is 0 Å². The normalized spacial score (nSPS) is 12.6. The van der Waals surface area contributed by atoms with Crippen molar-refractivity contribution in [3.05, 3.63) is 42.5 Å². The van der Waals surface area contributed by atoms with Crippen molar-refractivity contribution >= 4 is 0 Å². The first-order chi connectivity index (χ1) is 7.83. The maximum atomic E-state index is 4.36. The van der Waals surface area contributed by atoms with Crippen LogP contribution in [0, 0.1) is 0 Å². The van der Waals surface area contributed by atoms with Gasteiger partial charge in [-0.1, -0.05) is 6.92 Å². The predicted octanol–water partition coefficient (Wildman–Crippen LogP) is 0.909. The largest absolute Gasteiger partial charge is 0.336 e. The molecule has 84 valence electrons. The molecule has 1 unspecified atom stereocenters. The molecule has 0 amide bonds. The summed E-state index contributed by atoms with van der Waals surface area (Å²) in [4.78, 5) is 12.4. The first-order valence-corrected chi connectivity index (χ1v) is 5.28. The fourth-order valence-electron chi connectivity index (χ4n) is 1.68. The Morgan fingerprint density at radius 3 is 2.69 bits per heavy atom. The Hall–Kier alpha value is -1.75. The summed E-state index contributed by atoms with van der Waals surface area (Å²) >= 11 is 0. The molecule has 0 fully saturated rings. The van der Waals surface area contributed by atoms with Gasteiger partial charge in [0.1, 0.15) is 12.2 Å². The Labute approximate surface area is 94.6 Å². The second-order valence-corrected chi connectivity index (χ2v) is 3.56. The maximum absolute atomic E-state index is 4.36. The van der Waals surface area contributed by atoms with E-state index in [1.165, 1.54) is 6.33 Å². The molecule has 0 aliphatic heterocycles. The van der Waals surface area contributed by atoms with E-state index in [0.29, 0.717) is 0 Å². The summed E-state index contributed by atoms with van der Waals surface area (Å²) < 4.78 is 2.00. The average Bonchev–Trinajstić information content (AvgIpc) is 2.73. The maximum Gasteiger partial charge on any atom is 0.130 e. The molecule has 1 N–H and O–H groups in total. The van der Waals surface area contributed by atoms with Gasteiger partial charge in [0, 0.05) is 37.4 Å². The van der Waals surface area contributed by atoms with Crippen LogP contribution in [0.3, 0.4) is 0 Å². The highest BCUT2D eigenvalue weighted by Gasteiger charge is 2.17. The number of hydrogen-bond donors (Lipinski definition) is 1. The molecule has 0 aromatic carbocycles. The smallest absolute Gasteiger partial charge is 0.130 e. The predicted molar refractivity (Wildman–Crippen MR) is 60.8 cm³/mol. The fraction of sp³-hybridized carbons (Fsp3) is 0.364. The second kappa shape index (κ2) is 4.85. The summed E-state index contributed by atoms with van der Waals surface area (Å²) in [6.07, 6.45) is 8.89. The van der Waals surface area contributed by atoms with Crippen molar-refractivity contribution in [1.82, 2.24) is 24.8 Å². The molecule has 5 heteroatoms. The molecule has 1 atom stereocenters. The lowest BCUT2D eigenvalue weighted by molar-refractivity contribution is 0.573. The molecule has 2 aromatic rings. The van der Waals surface area contributed by atoms with Crippen LogP contribution in [0.5, 0.6) is 0 Å². The van der Waals surface area contributed by atoms with E-state index in [4.69, 9.17) is 0 Å². The van der Waals surface area contributed by atoms with Crippen LogP contribution in [0.25, 0.3) is 0 Å². The van der Waals surface area contributed by atoms with E-state index in [9.17, 15) is 0 Å². The molecule has 0 saturated heterocycles. The van der Waals surface area contributed by atoms with Gasteiger partial charge in [0.2, 0.25) is 0 Å². The Morgan fingerprint density at radius 1 is 1.38 bits per heavy atom. The topological polar surface area (TPSA) is 55.6 Å². The third-order valence-electron chi connectivity index (χ3n) is 2.44. The van der Waals surface area contributed by atoms with Crippen LogP contribution in [-0.2, 0) is 7.05 Å². The van der Waals surface area contributed by atoms with Crippen LogP contribution >= 0.6 is 0 Å². The lowest BCUT2D eigenvalue weighted by Gasteiger charge is -2.17. The number of aromatic nitrogens is 4. The Morgan fingerprint density at radius 2 is 2.12 bits per heavy atom. The van der Waals surface area contributed by atoms with Crippen molar-refractivity contribution in [2.75, 3.05) is 6.54 Å². The van der Waals surface area contributed by atoms with Crippen LogP contribution in [0.4, 0.5) is 0 Å². The molecule has 2 heterocycles. The number of hydrogen-bond acceptors (Lipinski definition) is 4. The van der Waals surface area contributed by atoms with Gasteiger partial charge in [0.05, 0.1) is 6.04 Å². The van der Waals surface area contributed by atoms with Crippen molar-refractivity contribution < 1.29 is 0 Å². The minimum atomic E-state index is 0.0474. The highest BCUT2D eigenvalue weighted by atomic mass is 15.1. The lowest BCUT2D eigenvalue weighted by Crippen LogP contribution is -2.25. The summed E-state index contributed by atoms with van der Waals surface area (Å²) in [5, 5.41) is 3.38. The second-order valence-electron chi connectivity index (χ2n) is 3.56. The third-order valence-corrected chi connectivity index (χ3v) is 2.44. The Bertz CT molecular complexity index is 437. The Kier molecular flexibility index (Phi) is 3.26. The number of nitrogens with zero attached hydrogens (tertiary/aromatic N) is 4.